The highest BCUT2D eigenvalue weighted by Crippen LogP contribution is 2.43. The third-order valence-corrected chi connectivity index (χ3v) is 4.40. The van der Waals surface area contributed by atoms with Crippen LogP contribution in [0.25, 0.3) is 0 Å². The number of thiazole rings is 1. The van der Waals surface area contributed by atoms with E-state index in [9.17, 15) is 4.79 Å². The van der Waals surface area contributed by atoms with Gasteiger partial charge in [-0.1, -0.05) is 17.7 Å². The van der Waals surface area contributed by atoms with Crippen LogP contribution in [0.2, 0.25) is 4.47 Å². The van der Waals surface area contributed by atoms with Gasteiger partial charge in [-0.05, 0) is 30.4 Å². The number of hydrogen-bond acceptors (Lipinski definition) is 5. The summed E-state index contributed by atoms with van der Waals surface area (Å²) >= 11 is 7.30. The molecule has 1 aliphatic carbocycles. The molecule has 0 aromatic carbocycles. The molecule has 2 heterocycles. The molecule has 0 bridgehead atoms. The molecule has 0 radical (unpaired) electrons. The monoisotopic (exact) mass is 307 g/mol. The minimum Gasteiger partial charge on any atom is -0.344 e. The Morgan fingerprint density at radius 3 is 2.95 bits per heavy atom. The Kier molecular flexibility index (Phi) is 3.98. The lowest BCUT2D eigenvalue weighted by Crippen LogP contribution is -2.26. The van der Waals surface area contributed by atoms with Crippen molar-refractivity contribution in [3.05, 3.63) is 39.4 Å². The van der Waals surface area contributed by atoms with E-state index >= 15 is 0 Å². The van der Waals surface area contributed by atoms with Crippen molar-refractivity contribution in [1.82, 2.24) is 9.97 Å². The maximum absolute atomic E-state index is 11.0. The van der Waals surface area contributed by atoms with Crippen LogP contribution in [0.1, 0.15) is 29.2 Å². The molecule has 4 nitrogen and oxygen atoms in total. The SMILES string of the molecule is O=CCN(Cc1cnc(Cl)s1)c1ncccc1C1CC1. The third-order valence-electron chi connectivity index (χ3n) is 3.30. The number of carbonyl (C=O) groups is 1. The number of halogens is 1. The number of hydrogen-bond donors (Lipinski definition) is 0. The van der Waals surface area contributed by atoms with Gasteiger partial charge in [-0.3, -0.25) is 0 Å². The molecule has 0 N–H and O–H groups in total. The Morgan fingerprint density at radius 2 is 2.30 bits per heavy atom. The molecule has 1 saturated carbocycles. The number of aromatic nitrogens is 2. The Labute approximate surface area is 126 Å². The summed E-state index contributed by atoms with van der Waals surface area (Å²) in [6.45, 7) is 0.937. The summed E-state index contributed by atoms with van der Waals surface area (Å²) in [6, 6.07) is 4.07. The second-order valence-corrected chi connectivity index (χ2v) is 6.51. The van der Waals surface area contributed by atoms with E-state index in [4.69, 9.17) is 11.6 Å². The van der Waals surface area contributed by atoms with Gasteiger partial charge in [0.2, 0.25) is 0 Å². The molecule has 1 fully saturated rings. The lowest BCUT2D eigenvalue weighted by Gasteiger charge is -2.23. The number of rotatable bonds is 6. The van der Waals surface area contributed by atoms with Crippen LogP contribution in [-0.2, 0) is 11.3 Å². The van der Waals surface area contributed by atoms with Crippen molar-refractivity contribution in [3.63, 3.8) is 0 Å². The van der Waals surface area contributed by atoms with Crippen LogP contribution in [-0.4, -0.2) is 22.8 Å². The zero-order valence-electron chi connectivity index (χ0n) is 10.8. The number of nitrogens with zero attached hydrogens (tertiary/aromatic N) is 3. The average Bonchev–Trinajstić information content (AvgIpc) is 3.22. The normalized spacial score (nSPS) is 14.2. The number of pyridine rings is 1. The molecule has 0 unspecified atom stereocenters. The van der Waals surface area contributed by atoms with Crippen LogP contribution in [0, 0.1) is 0 Å². The molecule has 2 aromatic heterocycles. The van der Waals surface area contributed by atoms with Gasteiger partial charge in [0, 0.05) is 17.3 Å². The average molecular weight is 308 g/mol. The standard InChI is InChI=1S/C14H14ClN3OS/c15-14-17-8-11(20-14)9-18(6-7-19)13-12(10-3-4-10)2-1-5-16-13/h1-2,5,7-8,10H,3-4,6,9H2. The maximum atomic E-state index is 11.0. The molecule has 104 valence electrons. The van der Waals surface area contributed by atoms with Gasteiger partial charge < -0.3 is 9.69 Å². The van der Waals surface area contributed by atoms with E-state index in [0.717, 1.165) is 17.0 Å². The maximum Gasteiger partial charge on any atom is 0.183 e. The van der Waals surface area contributed by atoms with Gasteiger partial charge >= 0.3 is 0 Å². The molecule has 0 aliphatic heterocycles. The van der Waals surface area contributed by atoms with Crippen molar-refractivity contribution >= 4 is 35.0 Å². The van der Waals surface area contributed by atoms with Gasteiger partial charge in [-0.15, -0.1) is 11.3 Å². The Morgan fingerprint density at radius 1 is 1.45 bits per heavy atom. The molecule has 6 heteroatoms. The zero-order chi connectivity index (χ0) is 13.9. The lowest BCUT2D eigenvalue weighted by atomic mass is 10.1. The number of aldehydes is 1. The topological polar surface area (TPSA) is 46.1 Å². The first-order valence-corrected chi connectivity index (χ1v) is 7.71. The highest BCUT2D eigenvalue weighted by molar-refractivity contribution is 7.15. The fourth-order valence-electron chi connectivity index (χ4n) is 2.25. The van der Waals surface area contributed by atoms with Gasteiger partial charge in [-0.2, -0.15) is 0 Å². The second kappa shape index (κ2) is 5.89. The van der Waals surface area contributed by atoms with Gasteiger partial charge in [0.15, 0.2) is 4.47 Å². The molecule has 0 atom stereocenters. The van der Waals surface area contributed by atoms with E-state index in [1.165, 1.54) is 29.7 Å². The van der Waals surface area contributed by atoms with Crippen molar-refractivity contribution in [2.75, 3.05) is 11.4 Å². The summed E-state index contributed by atoms with van der Waals surface area (Å²) in [5.74, 6) is 1.50. The summed E-state index contributed by atoms with van der Waals surface area (Å²) in [7, 11) is 0. The summed E-state index contributed by atoms with van der Waals surface area (Å²) < 4.78 is 0.523. The number of anilines is 1. The van der Waals surface area contributed by atoms with Gasteiger partial charge in [0.25, 0.3) is 0 Å². The van der Waals surface area contributed by atoms with Crippen molar-refractivity contribution in [1.29, 1.82) is 0 Å². The van der Waals surface area contributed by atoms with Gasteiger partial charge in [0.1, 0.15) is 12.1 Å². The molecule has 1 aliphatic rings. The van der Waals surface area contributed by atoms with Crippen LogP contribution in [0.15, 0.2) is 24.5 Å². The summed E-state index contributed by atoms with van der Waals surface area (Å²) in [5.41, 5.74) is 1.24. The quantitative estimate of drug-likeness (QED) is 0.768. The van der Waals surface area contributed by atoms with E-state index in [1.807, 2.05) is 11.0 Å². The van der Waals surface area contributed by atoms with Crippen LogP contribution in [0.4, 0.5) is 5.82 Å². The lowest BCUT2D eigenvalue weighted by molar-refractivity contribution is -0.106. The van der Waals surface area contributed by atoms with Crippen molar-refractivity contribution < 1.29 is 4.79 Å². The van der Waals surface area contributed by atoms with E-state index in [-0.39, 0.29) is 0 Å². The fourth-order valence-corrected chi connectivity index (χ4v) is 3.24. The van der Waals surface area contributed by atoms with Gasteiger partial charge in [-0.25, -0.2) is 9.97 Å². The molecule has 0 amide bonds. The first-order chi connectivity index (χ1) is 9.78. The van der Waals surface area contributed by atoms with E-state index in [1.54, 1.807) is 12.4 Å². The van der Waals surface area contributed by atoms with E-state index in [2.05, 4.69) is 16.0 Å². The molecule has 2 aromatic rings. The predicted molar refractivity (Wildman–Crippen MR) is 80.5 cm³/mol. The molecule has 0 spiro atoms. The Bertz CT molecular complexity index is 612. The smallest absolute Gasteiger partial charge is 0.183 e. The summed E-state index contributed by atoms with van der Waals surface area (Å²) in [6.07, 6.45) is 6.86. The van der Waals surface area contributed by atoms with Crippen LogP contribution in [0.5, 0.6) is 0 Å². The first-order valence-electron chi connectivity index (χ1n) is 6.51. The number of carbonyl (C=O) groups excluding carboxylic acids is 1. The molecule has 20 heavy (non-hydrogen) atoms. The van der Waals surface area contributed by atoms with Crippen molar-refractivity contribution in [2.24, 2.45) is 0 Å². The van der Waals surface area contributed by atoms with Crippen LogP contribution < -0.4 is 4.90 Å². The van der Waals surface area contributed by atoms with Crippen molar-refractivity contribution in [2.45, 2.75) is 25.3 Å². The molecule has 3 rings (SSSR count). The minimum atomic E-state index is 0.326. The zero-order valence-corrected chi connectivity index (χ0v) is 12.4. The van der Waals surface area contributed by atoms with Gasteiger partial charge in [0.05, 0.1) is 13.1 Å². The van der Waals surface area contributed by atoms with Crippen molar-refractivity contribution in [3.8, 4) is 0 Å². The molecule has 0 saturated heterocycles. The van der Waals surface area contributed by atoms with Crippen LogP contribution in [0.3, 0.4) is 0 Å². The Hall–Kier alpha value is -1.46. The predicted octanol–water partition coefficient (Wildman–Crippen LogP) is 3.27. The summed E-state index contributed by atoms with van der Waals surface area (Å²) in [4.78, 5) is 22.5. The Balaban J connectivity index is 1.88. The van der Waals surface area contributed by atoms with Crippen LogP contribution >= 0.6 is 22.9 Å². The molecular formula is C14H14ClN3OS. The minimum absolute atomic E-state index is 0.326. The second-order valence-electron chi connectivity index (χ2n) is 4.82. The summed E-state index contributed by atoms with van der Waals surface area (Å²) in [5, 5.41) is 0. The first kappa shape index (κ1) is 13.5. The fraction of sp³-hybridized carbons (Fsp3) is 0.357. The van der Waals surface area contributed by atoms with E-state index < -0.39 is 0 Å². The highest BCUT2D eigenvalue weighted by atomic mass is 35.5. The largest absolute Gasteiger partial charge is 0.344 e. The van der Waals surface area contributed by atoms with E-state index in [0.29, 0.717) is 23.5 Å². The highest BCUT2D eigenvalue weighted by Gasteiger charge is 2.28. The third kappa shape index (κ3) is 2.99. The molecular weight excluding hydrogens is 294 g/mol.